The molecule has 1 saturated carbocycles. The molecule has 2 amide bonds. The standard InChI is InChI=1S/C22H32N2O3/c1-16(2)13-21(26)23(4)19-9-11-22(12-10-19)15-24(17(3)25)14-18-7-5-6-8-20(18)27-22/h5-8,16,19H,9-15H2,1-4H3. The summed E-state index contributed by atoms with van der Waals surface area (Å²) in [4.78, 5) is 28.4. The lowest BCUT2D eigenvalue weighted by Crippen LogP contribution is -2.52. The van der Waals surface area contributed by atoms with Gasteiger partial charge in [-0.3, -0.25) is 9.59 Å². The van der Waals surface area contributed by atoms with Gasteiger partial charge in [0.15, 0.2) is 0 Å². The Morgan fingerprint density at radius 2 is 1.93 bits per heavy atom. The van der Waals surface area contributed by atoms with Crippen molar-refractivity contribution in [3.05, 3.63) is 29.8 Å². The van der Waals surface area contributed by atoms with Crippen LogP contribution in [0.3, 0.4) is 0 Å². The number of carbonyl (C=O) groups is 2. The highest BCUT2D eigenvalue weighted by Gasteiger charge is 2.42. The zero-order valence-corrected chi connectivity index (χ0v) is 17.0. The van der Waals surface area contributed by atoms with Crippen LogP contribution in [0.25, 0.3) is 0 Å². The Morgan fingerprint density at radius 1 is 1.26 bits per heavy atom. The van der Waals surface area contributed by atoms with Crippen molar-refractivity contribution in [1.82, 2.24) is 9.80 Å². The molecule has 2 aliphatic rings. The summed E-state index contributed by atoms with van der Waals surface area (Å²) in [6, 6.07) is 8.28. The second-order valence-corrected chi connectivity index (χ2v) is 8.60. The van der Waals surface area contributed by atoms with Gasteiger partial charge >= 0.3 is 0 Å². The molecule has 0 atom stereocenters. The van der Waals surface area contributed by atoms with Gasteiger partial charge in [-0.15, -0.1) is 0 Å². The van der Waals surface area contributed by atoms with Crippen LogP contribution in [0, 0.1) is 5.92 Å². The summed E-state index contributed by atoms with van der Waals surface area (Å²) in [5, 5.41) is 0. The summed E-state index contributed by atoms with van der Waals surface area (Å²) in [5.74, 6) is 1.58. The molecule has 1 aromatic rings. The normalized spacial score (nSPS) is 24.9. The summed E-state index contributed by atoms with van der Waals surface area (Å²) in [7, 11) is 1.93. The molecule has 1 aliphatic carbocycles. The predicted octanol–water partition coefficient (Wildman–Crippen LogP) is 3.61. The van der Waals surface area contributed by atoms with Crippen LogP contribution in [-0.2, 0) is 16.1 Å². The second-order valence-electron chi connectivity index (χ2n) is 8.60. The van der Waals surface area contributed by atoms with E-state index in [1.807, 2.05) is 41.1 Å². The average molecular weight is 373 g/mol. The van der Waals surface area contributed by atoms with Crippen LogP contribution in [0.5, 0.6) is 5.75 Å². The van der Waals surface area contributed by atoms with Gasteiger partial charge < -0.3 is 14.5 Å². The Morgan fingerprint density at radius 3 is 2.56 bits per heavy atom. The number of benzene rings is 1. The van der Waals surface area contributed by atoms with Crippen LogP contribution in [0.2, 0.25) is 0 Å². The van der Waals surface area contributed by atoms with Crippen molar-refractivity contribution < 1.29 is 14.3 Å². The van der Waals surface area contributed by atoms with Crippen LogP contribution < -0.4 is 4.74 Å². The van der Waals surface area contributed by atoms with Crippen molar-refractivity contribution in [2.75, 3.05) is 13.6 Å². The van der Waals surface area contributed by atoms with Gasteiger partial charge in [0.25, 0.3) is 0 Å². The Kier molecular flexibility index (Phi) is 5.78. The maximum Gasteiger partial charge on any atom is 0.222 e. The van der Waals surface area contributed by atoms with Gasteiger partial charge in [-0.25, -0.2) is 0 Å². The number of nitrogens with zero attached hydrogens (tertiary/aromatic N) is 2. The Labute approximate surface area is 162 Å². The van der Waals surface area contributed by atoms with Crippen molar-refractivity contribution in [2.45, 2.75) is 71.1 Å². The highest BCUT2D eigenvalue weighted by Crippen LogP contribution is 2.39. The lowest BCUT2D eigenvalue weighted by atomic mass is 9.81. The van der Waals surface area contributed by atoms with Gasteiger partial charge in [0.05, 0.1) is 6.54 Å². The van der Waals surface area contributed by atoms with Gasteiger partial charge in [0, 0.05) is 38.5 Å². The number of carbonyl (C=O) groups excluding carboxylic acids is 2. The number of hydrogen-bond acceptors (Lipinski definition) is 3. The molecule has 1 spiro atoms. The molecular formula is C22H32N2O3. The maximum atomic E-state index is 12.4. The van der Waals surface area contributed by atoms with Gasteiger partial charge in [-0.2, -0.15) is 0 Å². The zero-order chi connectivity index (χ0) is 19.6. The van der Waals surface area contributed by atoms with E-state index in [-0.39, 0.29) is 23.5 Å². The molecule has 1 aromatic carbocycles. The highest BCUT2D eigenvalue weighted by molar-refractivity contribution is 5.76. The molecular weight excluding hydrogens is 340 g/mol. The first-order valence-corrected chi connectivity index (χ1v) is 10.1. The molecule has 0 unspecified atom stereocenters. The monoisotopic (exact) mass is 372 g/mol. The molecule has 0 saturated heterocycles. The van der Waals surface area contributed by atoms with E-state index in [1.165, 1.54) is 0 Å². The number of para-hydroxylation sites is 1. The molecule has 5 heteroatoms. The van der Waals surface area contributed by atoms with E-state index in [9.17, 15) is 9.59 Å². The number of fused-ring (bicyclic) bond motifs is 1. The molecule has 0 radical (unpaired) electrons. The van der Waals surface area contributed by atoms with E-state index in [2.05, 4.69) is 13.8 Å². The van der Waals surface area contributed by atoms with Gasteiger partial charge in [-0.1, -0.05) is 32.0 Å². The van der Waals surface area contributed by atoms with E-state index in [1.54, 1.807) is 6.92 Å². The highest BCUT2D eigenvalue weighted by atomic mass is 16.5. The first-order valence-electron chi connectivity index (χ1n) is 10.1. The molecule has 27 heavy (non-hydrogen) atoms. The van der Waals surface area contributed by atoms with E-state index in [0.29, 0.717) is 25.4 Å². The Balaban J connectivity index is 1.73. The minimum atomic E-state index is -0.350. The zero-order valence-electron chi connectivity index (χ0n) is 17.0. The summed E-state index contributed by atoms with van der Waals surface area (Å²) in [6.07, 6.45) is 4.13. The summed E-state index contributed by atoms with van der Waals surface area (Å²) in [6.45, 7) is 7.01. The van der Waals surface area contributed by atoms with Crippen molar-refractivity contribution in [3.63, 3.8) is 0 Å². The molecule has 0 bridgehead atoms. The summed E-state index contributed by atoms with van der Waals surface area (Å²) >= 11 is 0. The summed E-state index contributed by atoms with van der Waals surface area (Å²) in [5.41, 5.74) is 0.715. The number of hydrogen-bond donors (Lipinski definition) is 0. The Bertz CT molecular complexity index is 693. The van der Waals surface area contributed by atoms with E-state index < -0.39 is 0 Å². The van der Waals surface area contributed by atoms with Crippen molar-refractivity contribution in [2.24, 2.45) is 5.92 Å². The van der Waals surface area contributed by atoms with Crippen molar-refractivity contribution in [3.8, 4) is 5.75 Å². The second kappa shape index (κ2) is 7.91. The average Bonchev–Trinajstić information content (AvgIpc) is 2.78. The lowest BCUT2D eigenvalue weighted by molar-refractivity contribution is -0.135. The summed E-state index contributed by atoms with van der Waals surface area (Å²) < 4.78 is 6.52. The lowest BCUT2D eigenvalue weighted by Gasteiger charge is -2.43. The fourth-order valence-corrected chi connectivity index (χ4v) is 4.30. The number of ether oxygens (including phenoxy) is 1. The molecule has 148 valence electrons. The van der Waals surface area contributed by atoms with Gasteiger partial charge in [-0.05, 0) is 37.7 Å². The minimum absolute atomic E-state index is 0.0843. The van der Waals surface area contributed by atoms with Gasteiger partial charge in [0.2, 0.25) is 11.8 Å². The van der Waals surface area contributed by atoms with Crippen molar-refractivity contribution >= 4 is 11.8 Å². The van der Waals surface area contributed by atoms with Crippen LogP contribution in [0.1, 0.15) is 58.4 Å². The number of rotatable bonds is 3. The fraction of sp³-hybridized carbons (Fsp3) is 0.636. The van der Waals surface area contributed by atoms with Crippen LogP contribution in [0.4, 0.5) is 0 Å². The number of amides is 2. The van der Waals surface area contributed by atoms with Crippen LogP contribution in [-0.4, -0.2) is 46.8 Å². The predicted molar refractivity (Wildman–Crippen MR) is 105 cm³/mol. The molecule has 3 rings (SSSR count). The molecule has 0 aromatic heterocycles. The van der Waals surface area contributed by atoms with Gasteiger partial charge in [0.1, 0.15) is 11.4 Å². The SMILES string of the molecule is CC(=O)N1Cc2ccccc2OC2(CCC(N(C)C(=O)CC(C)C)CC2)C1. The quantitative estimate of drug-likeness (QED) is 0.814. The topological polar surface area (TPSA) is 49.9 Å². The molecule has 1 heterocycles. The van der Waals surface area contributed by atoms with E-state index in [0.717, 1.165) is 37.0 Å². The third-order valence-electron chi connectivity index (χ3n) is 5.97. The fourth-order valence-electron chi connectivity index (χ4n) is 4.30. The Hall–Kier alpha value is -2.04. The first kappa shape index (κ1) is 19.7. The molecule has 1 aliphatic heterocycles. The third kappa shape index (κ3) is 4.45. The molecule has 0 N–H and O–H groups in total. The largest absolute Gasteiger partial charge is 0.485 e. The molecule has 1 fully saturated rings. The van der Waals surface area contributed by atoms with Crippen LogP contribution >= 0.6 is 0 Å². The third-order valence-corrected chi connectivity index (χ3v) is 5.97. The van der Waals surface area contributed by atoms with Crippen LogP contribution in [0.15, 0.2) is 24.3 Å². The van der Waals surface area contributed by atoms with E-state index >= 15 is 0 Å². The first-order chi connectivity index (χ1) is 12.8. The minimum Gasteiger partial charge on any atom is -0.485 e. The van der Waals surface area contributed by atoms with E-state index in [4.69, 9.17) is 4.74 Å². The smallest absolute Gasteiger partial charge is 0.222 e. The maximum absolute atomic E-state index is 12.4. The van der Waals surface area contributed by atoms with Crippen molar-refractivity contribution in [1.29, 1.82) is 0 Å². The molecule has 5 nitrogen and oxygen atoms in total.